The molecule has 0 aliphatic heterocycles. The summed E-state index contributed by atoms with van der Waals surface area (Å²) in [6.07, 6.45) is -2.78. The van der Waals surface area contributed by atoms with Gasteiger partial charge in [0, 0.05) is 12.2 Å². The third kappa shape index (κ3) is 2.78. The fourth-order valence-corrected chi connectivity index (χ4v) is 1.82. The third-order valence-electron chi connectivity index (χ3n) is 2.97. The standard InChI is InChI=1S/C13H14F3N3/c1-9(17-2)12-6-7-18-19(12)11-5-3-4-10(8-11)13(14,15)16/h3-9,17H,1-2H3. The van der Waals surface area contributed by atoms with Crippen LogP contribution >= 0.6 is 0 Å². The molecule has 0 amide bonds. The van der Waals surface area contributed by atoms with Crippen LogP contribution in [0.4, 0.5) is 13.2 Å². The second-order valence-corrected chi connectivity index (χ2v) is 4.23. The third-order valence-corrected chi connectivity index (χ3v) is 2.97. The van der Waals surface area contributed by atoms with Crippen molar-refractivity contribution in [3.05, 3.63) is 47.8 Å². The van der Waals surface area contributed by atoms with E-state index in [-0.39, 0.29) is 6.04 Å². The van der Waals surface area contributed by atoms with Gasteiger partial charge < -0.3 is 5.32 Å². The van der Waals surface area contributed by atoms with Crippen molar-refractivity contribution in [2.45, 2.75) is 19.1 Å². The first-order chi connectivity index (χ1) is 8.93. The lowest BCUT2D eigenvalue weighted by atomic mass is 10.2. The smallest absolute Gasteiger partial charge is 0.312 e. The summed E-state index contributed by atoms with van der Waals surface area (Å²) in [5.74, 6) is 0. The van der Waals surface area contributed by atoms with Crippen LogP contribution < -0.4 is 5.32 Å². The number of halogens is 3. The summed E-state index contributed by atoms with van der Waals surface area (Å²) >= 11 is 0. The van der Waals surface area contributed by atoms with Gasteiger partial charge in [0.2, 0.25) is 0 Å². The van der Waals surface area contributed by atoms with Crippen LogP contribution in [-0.2, 0) is 6.18 Å². The van der Waals surface area contributed by atoms with Gasteiger partial charge in [-0.2, -0.15) is 18.3 Å². The summed E-state index contributed by atoms with van der Waals surface area (Å²) in [7, 11) is 1.79. The van der Waals surface area contributed by atoms with E-state index in [9.17, 15) is 13.2 Å². The van der Waals surface area contributed by atoms with Crippen molar-refractivity contribution in [2.24, 2.45) is 0 Å². The highest BCUT2D eigenvalue weighted by molar-refractivity contribution is 5.38. The lowest BCUT2D eigenvalue weighted by Crippen LogP contribution is -2.17. The molecular formula is C13H14F3N3. The Labute approximate surface area is 109 Å². The van der Waals surface area contributed by atoms with Crippen molar-refractivity contribution in [3.63, 3.8) is 0 Å². The summed E-state index contributed by atoms with van der Waals surface area (Å²) < 4.78 is 39.6. The highest BCUT2D eigenvalue weighted by atomic mass is 19.4. The summed E-state index contributed by atoms with van der Waals surface area (Å²) in [6, 6.07) is 6.91. The average molecular weight is 269 g/mol. The zero-order chi connectivity index (χ0) is 14.0. The molecule has 0 aliphatic rings. The highest BCUT2D eigenvalue weighted by Crippen LogP contribution is 2.30. The molecule has 0 spiro atoms. The Morgan fingerprint density at radius 2 is 2.00 bits per heavy atom. The molecule has 19 heavy (non-hydrogen) atoms. The molecule has 6 heteroatoms. The average Bonchev–Trinajstić information content (AvgIpc) is 2.86. The van der Waals surface area contributed by atoms with E-state index in [0.717, 1.165) is 17.8 Å². The van der Waals surface area contributed by atoms with E-state index in [1.54, 1.807) is 25.4 Å². The maximum Gasteiger partial charge on any atom is 0.416 e. The van der Waals surface area contributed by atoms with E-state index >= 15 is 0 Å². The van der Waals surface area contributed by atoms with Gasteiger partial charge in [-0.15, -0.1) is 0 Å². The first-order valence-corrected chi connectivity index (χ1v) is 5.82. The number of rotatable bonds is 3. The number of alkyl halides is 3. The normalized spacial score (nSPS) is 13.5. The Bertz CT molecular complexity index is 560. The molecule has 1 N–H and O–H groups in total. The highest BCUT2D eigenvalue weighted by Gasteiger charge is 2.30. The molecule has 0 bridgehead atoms. The molecule has 2 aromatic rings. The Morgan fingerprint density at radius 3 is 2.63 bits per heavy atom. The van der Waals surface area contributed by atoms with E-state index in [1.165, 1.54) is 10.7 Å². The van der Waals surface area contributed by atoms with Crippen LogP contribution in [0.3, 0.4) is 0 Å². The van der Waals surface area contributed by atoms with Gasteiger partial charge in [0.15, 0.2) is 0 Å². The van der Waals surface area contributed by atoms with Gasteiger partial charge in [0.25, 0.3) is 0 Å². The van der Waals surface area contributed by atoms with Crippen molar-refractivity contribution in [1.82, 2.24) is 15.1 Å². The van der Waals surface area contributed by atoms with Gasteiger partial charge in [0.1, 0.15) is 0 Å². The monoisotopic (exact) mass is 269 g/mol. The number of nitrogens with zero attached hydrogens (tertiary/aromatic N) is 2. The van der Waals surface area contributed by atoms with Gasteiger partial charge in [-0.05, 0) is 38.2 Å². The lowest BCUT2D eigenvalue weighted by molar-refractivity contribution is -0.137. The van der Waals surface area contributed by atoms with Crippen LogP contribution in [0.25, 0.3) is 5.69 Å². The molecule has 1 unspecified atom stereocenters. The van der Waals surface area contributed by atoms with Crippen LogP contribution in [-0.4, -0.2) is 16.8 Å². The van der Waals surface area contributed by atoms with E-state index in [0.29, 0.717) is 5.69 Å². The fourth-order valence-electron chi connectivity index (χ4n) is 1.82. The van der Waals surface area contributed by atoms with Crippen LogP contribution in [0.1, 0.15) is 24.2 Å². The van der Waals surface area contributed by atoms with Gasteiger partial charge >= 0.3 is 6.18 Å². The minimum Gasteiger partial charge on any atom is -0.312 e. The van der Waals surface area contributed by atoms with Gasteiger partial charge in [-0.25, -0.2) is 4.68 Å². The van der Waals surface area contributed by atoms with Crippen molar-refractivity contribution in [2.75, 3.05) is 7.05 Å². The van der Waals surface area contributed by atoms with Gasteiger partial charge in [0.05, 0.1) is 16.9 Å². The molecule has 102 valence electrons. The SMILES string of the molecule is CNC(C)c1ccnn1-c1cccc(C(F)(F)F)c1. The molecule has 0 fully saturated rings. The van der Waals surface area contributed by atoms with Gasteiger partial charge in [-0.3, -0.25) is 0 Å². The second-order valence-electron chi connectivity index (χ2n) is 4.23. The summed E-state index contributed by atoms with van der Waals surface area (Å²) in [5.41, 5.74) is 0.530. The molecule has 0 saturated heterocycles. The summed E-state index contributed by atoms with van der Waals surface area (Å²) in [4.78, 5) is 0. The molecular weight excluding hydrogens is 255 g/mol. The quantitative estimate of drug-likeness (QED) is 0.927. The number of aromatic nitrogens is 2. The minimum absolute atomic E-state index is 0.00274. The molecule has 2 rings (SSSR count). The van der Waals surface area contributed by atoms with Crippen molar-refractivity contribution in [3.8, 4) is 5.69 Å². The van der Waals surface area contributed by atoms with E-state index in [4.69, 9.17) is 0 Å². The molecule has 0 radical (unpaired) electrons. The zero-order valence-electron chi connectivity index (χ0n) is 10.6. The van der Waals surface area contributed by atoms with Crippen LogP contribution in [0.15, 0.2) is 36.5 Å². The van der Waals surface area contributed by atoms with Crippen LogP contribution in [0.5, 0.6) is 0 Å². The summed E-state index contributed by atoms with van der Waals surface area (Å²) in [5, 5.41) is 7.13. The van der Waals surface area contributed by atoms with E-state index in [1.807, 2.05) is 6.92 Å². The van der Waals surface area contributed by atoms with Crippen molar-refractivity contribution >= 4 is 0 Å². The number of benzene rings is 1. The van der Waals surface area contributed by atoms with Crippen LogP contribution in [0, 0.1) is 0 Å². The van der Waals surface area contributed by atoms with Crippen molar-refractivity contribution < 1.29 is 13.2 Å². The number of nitrogens with one attached hydrogen (secondary N) is 1. The molecule has 1 aromatic carbocycles. The second kappa shape index (κ2) is 5.05. The Hall–Kier alpha value is -1.82. The maximum absolute atomic E-state index is 12.7. The molecule has 1 heterocycles. The zero-order valence-corrected chi connectivity index (χ0v) is 10.6. The predicted molar refractivity (Wildman–Crippen MR) is 66.0 cm³/mol. The Balaban J connectivity index is 2.46. The largest absolute Gasteiger partial charge is 0.416 e. The lowest BCUT2D eigenvalue weighted by Gasteiger charge is -2.14. The van der Waals surface area contributed by atoms with Gasteiger partial charge in [-0.1, -0.05) is 6.07 Å². The minimum atomic E-state index is -4.35. The molecule has 0 saturated carbocycles. The van der Waals surface area contributed by atoms with Crippen molar-refractivity contribution in [1.29, 1.82) is 0 Å². The molecule has 1 atom stereocenters. The Kier molecular flexibility index (Phi) is 3.61. The molecule has 0 aliphatic carbocycles. The molecule has 3 nitrogen and oxygen atoms in total. The maximum atomic E-state index is 12.7. The predicted octanol–water partition coefficient (Wildman–Crippen LogP) is 3.17. The number of hydrogen-bond acceptors (Lipinski definition) is 2. The van der Waals surface area contributed by atoms with Crippen LogP contribution in [0.2, 0.25) is 0 Å². The topological polar surface area (TPSA) is 29.9 Å². The first-order valence-electron chi connectivity index (χ1n) is 5.82. The summed E-state index contributed by atoms with van der Waals surface area (Å²) in [6.45, 7) is 1.92. The fraction of sp³-hybridized carbons (Fsp3) is 0.308. The van der Waals surface area contributed by atoms with E-state index in [2.05, 4.69) is 10.4 Å². The molecule has 1 aromatic heterocycles. The first kappa shape index (κ1) is 13.6. The Morgan fingerprint density at radius 1 is 1.26 bits per heavy atom. The number of hydrogen-bond donors (Lipinski definition) is 1. The van der Waals surface area contributed by atoms with E-state index < -0.39 is 11.7 Å².